The van der Waals surface area contributed by atoms with Crippen LogP contribution in [0.3, 0.4) is 0 Å². The molecule has 4 aromatic rings. The van der Waals surface area contributed by atoms with Crippen LogP contribution in [0.1, 0.15) is 36.2 Å². The summed E-state index contributed by atoms with van der Waals surface area (Å²) in [6.45, 7) is 2.11. The number of rotatable bonds is 9. The Bertz CT molecular complexity index is 1480. The van der Waals surface area contributed by atoms with Crippen molar-refractivity contribution in [1.29, 1.82) is 0 Å². The minimum Gasteiger partial charge on any atom is -0.497 e. The second-order valence-corrected chi connectivity index (χ2v) is 10.8. The molecule has 1 atom stereocenters. The van der Waals surface area contributed by atoms with Gasteiger partial charge in [-0.1, -0.05) is 60.3 Å². The van der Waals surface area contributed by atoms with Crippen molar-refractivity contribution in [1.82, 2.24) is 9.99 Å². The third-order valence-corrected chi connectivity index (χ3v) is 8.28. The van der Waals surface area contributed by atoms with Crippen LogP contribution < -0.4 is 4.74 Å². The number of nitrogens with zero attached hydrogens (tertiary/aromatic N) is 3. The molecule has 0 aliphatic carbocycles. The van der Waals surface area contributed by atoms with Crippen molar-refractivity contribution in [3.63, 3.8) is 0 Å². The molecule has 0 saturated carbocycles. The molecular formula is C29H27N3O4S2. The van der Waals surface area contributed by atoms with Crippen molar-refractivity contribution < 1.29 is 19.1 Å². The number of hydrazone groups is 1. The zero-order valence-corrected chi connectivity index (χ0v) is 22.8. The van der Waals surface area contributed by atoms with E-state index in [1.54, 1.807) is 19.0 Å². The number of esters is 1. The second kappa shape index (κ2) is 11.8. The SMILES string of the molecule is CCOC(=O)Cc1csc(SCC(=O)N2N=C(c3ccc4ccccc4c3)CC2c2ccc(OC)cc2)n1. The Morgan fingerprint density at radius 1 is 1.08 bits per heavy atom. The maximum absolute atomic E-state index is 13.5. The van der Waals surface area contributed by atoms with Crippen molar-refractivity contribution in [2.75, 3.05) is 19.5 Å². The van der Waals surface area contributed by atoms with Crippen LogP contribution in [-0.4, -0.2) is 47.1 Å². The third-order valence-electron chi connectivity index (χ3n) is 6.23. The Kier molecular flexibility index (Phi) is 8.05. The number of hydrogen-bond donors (Lipinski definition) is 0. The highest BCUT2D eigenvalue weighted by atomic mass is 32.2. The van der Waals surface area contributed by atoms with Crippen molar-refractivity contribution >= 4 is 51.5 Å². The highest BCUT2D eigenvalue weighted by molar-refractivity contribution is 8.01. The van der Waals surface area contributed by atoms with Gasteiger partial charge in [0.25, 0.3) is 5.91 Å². The Morgan fingerprint density at radius 2 is 1.87 bits per heavy atom. The van der Waals surface area contributed by atoms with Crippen LogP contribution >= 0.6 is 23.1 Å². The lowest BCUT2D eigenvalue weighted by atomic mass is 9.97. The molecule has 1 aliphatic heterocycles. The fourth-order valence-corrected chi connectivity index (χ4v) is 6.05. The van der Waals surface area contributed by atoms with E-state index in [9.17, 15) is 9.59 Å². The van der Waals surface area contributed by atoms with Crippen LogP contribution in [0.2, 0.25) is 0 Å². The van der Waals surface area contributed by atoms with Crippen molar-refractivity contribution in [3.05, 3.63) is 88.9 Å². The maximum Gasteiger partial charge on any atom is 0.311 e. The van der Waals surface area contributed by atoms with E-state index < -0.39 is 0 Å². The zero-order valence-electron chi connectivity index (χ0n) is 21.1. The van der Waals surface area contributed by atoms with Crippen molar-refractivity contribution in [3.8, 4) is 5.75 Å². The molecule has 2 heterocycles. The quantitative estimate of drug-likeness (QED) is 0.193. The summed E-state index contributed by atoms with van der Waals surface area (Å²) in [7, 11) is 1.63. The van der Waals surface area contributed by atoms with Gasteiger partial charge in [-0.15, -0.1) is 11.3 Å². The average Bonchev–Trinajstić information content (AvgIpc) is 3.59. The topological polar surface area (TPSA) is 81.1 Å². The zero-order chi connectivity index (χ0) is 26.5. The molecule has 0 radical (unpaired) electrons. The van der Waals surface area contributed by atoms with E-state index in [0.29, 0.717) is 18.7 Å². The molecule has 1 aliphatic rings. The van der Waals surface area contributed by atoms with Crippen LogP contribution in [0.4, 0.5) is 0 Å². The average molecular weight is 546 g/mol. The Balaban J connectivity index is 1.35. The van der Waals surface area contributed by atoms with Crippen LogP contribution in [0.5, 0.6) is 5.75 Å². The monoisotopic (exact) mass is 545 g/mol. The number of carbonyl (C=O) groups is 2. The molecule has 3 aromatic carbocycles. The minimum absolute atomic E-state index is 0.103. The van der Waals surface area contributed by atoms with Crippen LogP contribution in [0.25, 0.3) is 10.8 Å². The van der Waals surface area contributed by atoms with Gasteiger partial charge in [0.15, 0.2) is 4.34 Å². The number of ether oxygens (including phenoxy) is 2. The molecule has 0 N–H and O–H groups in total. The molecule has 9 heteroatoms. The van der Waals surface area contributed by atoms with Gasteiger partial charge in [-0.2, -0.15) is 5.10 Å². The first-order valence-electron chi connectivity index (χ1n) is 12.3. The number of hydrogen-bond acceptors (Lipinski definition) is 8. The van der Waals surface area contributed by atoms with Gasteiger partial charge < -0.3 is 9.47 Å². The summed E-state index contributed by atoms with van der Waals surface area (Å²) in [6.07, 6.45) is 0.742. The lowest BCUT2D eigenvalue weighted by molar-refractivity contribution is -0.142. The van der Waals surface area contributed by atoms with Gasteiger partial charge in [0.05, 0.1) is 43.3 Å². The molecule has 0 fully saturated rings. The van der Waals surface area contributed by atoms with Gasteiger partial charge in [-0.3, -0.25) is 9.59 Å². The van der Waals surface area contributed by atoms with Gasteiger partial charge in [-0.05, 0) is 47.0 Å². The number of thiazole rings is 1. The van der Waals surface area contributed by atoms with Gasteiger partial charge in [0, 0.05) is 11.8 Å². The predicted octanol–water partition coefficient (Wildman–Crippen LogP) is 5.88. The summed E-state index contributed by atoms with van der Waals surface area (Å²) < 4.78 is 11.0. The first-order chi connectivity index (χ1) is 18.5. The van der Waals surface area contributed by atoms with E-state index in [4.69, 9.17) is 14.6 Å². The normalized spacial score (nSPS) is 14.9. The molecule has 0 spiro atoms. The number of carbonyl (C=O) groups excluding carboxylic acids is 2. The number of aromatic nitrogens is 1. The third kappa shape index (κ3) is 5.89. The minimum atomic E-state index is -0.305. The number of amides is 1. The molecule has 1 aromatic heterocycles. The molecule has 1 amide bonds. The molecule has 38 heavy (non-hydrogen) atoms. The molecule has 0 saturated heterocycles. The molecule has 1 unspecified atom stereocenters. The molecule has 5 rings (SSSR count). The van der Waals surface area contributed by atoms with Gasteiger partial charge in [0.1, 0.15) is 5.75 Å². The van der Waals surface area contributed by atoms with Gasteiger partial charge in [-0.25, -0.2) is 9.99 Å². The number of fused-ring (bicyclic) bond motifs is 1. The standard InChI is InChI=1S/C29H27N3O4S2/c1-3-36-28(34)15-23-17-37-29(30-23)38-18-27(33)32-26(20-10-12-24(35-2)13-11-20)16-25(31-32)22-9-8-19-6-4-5-7-21(19)14-22/h4-14,17,26H,3,15-16,18H2,1-2H3. The van der Waals surface area contributed by atoms with E-state index >= 15 is 0 Å². The number of benzene rings is 3. The summed E-state index contributed by atoms with van der Waals surface area (Å²) in [5.74, 6) is 0.542. The lowest BCUT2D eigenvalue weighted by Crippen LogP contribution is -2.28. The van der Waals surface area contributed by atoms with E-state index in [1.165, 1.54) is 23.1 Å². The van der Waals surface area contributed by atoms with Gasteiger partial charge in [0.2, 0.25) is 0 Å². The number of thioether (sulfide) groups is 1. The van der Waals surface area contributed by atoms with E-state index in [0.717, 1.165) is 37.7 Å². The van der Waals surface area contributed by atoms with Crippen LogP contribution in [-0.2, 0) is 20.7 Å². The summed E-state index contributed by atoms with van der Waals surface area (Å²) in [5, 5.41) is 10.6. The predicted molar refractivity (Wildman–Crippen MR) is 151 cm³/mol. The molecule has 194 valence electrons. The first-order valence-corrected chi connectivity index (χ1v) is 14.2. The Morgan fingerprint density at radius 3 is 2.63 bits per heavy atom. The van der Waals surface area contributed by atoms with E-state index in [-0.39, 0.29) is 30.1 Å². The smallest absolute Gasteiger partial charge is 0.311 e. The largest absolute Gasteiger partial charge is 0.497 e. The molecule has 0 bridgehead atoms. The Labute approximate surface area is 229 Å². The summed E-state index contributed by atoms with van der Waals surface area (Å²) >= 11 is 2.77. The van der Waals surface area contributed by atoms with Crippen LogP contribution in [0.15, 0.2) is 81.6 Å². The molecule has 7 nitrogen and oxygen atoms in total. The highest BCUT2D eigenvalue weighted by Gasteiger charge is 2.33. The van der Waals surface area contributed by atoms with Crippen LogP contribution in [0, 0.1) is 0 Å². The fourth-order valence-electron chi connectivity index (χ4n) is 4.35. The molecular weight excluding hydrogens is 518 g/mol. The summed E-state index contributed by atoms with van der Waals surface area (Å²) in [4.78, 5) is 29.7. The Hall–Kier alpha value is -3.69. The fraction of sp³-hybridized carbons (Fsp3) is 0.241. The second-order valence-electron chi connectivity index (χ2n) is 8.72. The first kappa shape index (κ1) is 25.9. The van der Waals surface area contributed by atoms with Crippen molar-refractivity contribution in [2.45, 2.75) is 30.1 Å². The summed E-state index contributed by atoms with van der Waals surface area (Å²) in [6, 6.07) is 22.1. The summed E-state index contributed by atoms with van der Waals surface area (Å²) in [5.41, 5.74) is 3.53. The van der Waals surface area contributed by atoms with Gasteiger partial charge >= 0.3 is 5.97 Å². The van der Waals surface area contributed by atoms with E-state index in [1.807, 2.05) is 41.8 Å². The van der Waals surface area contributed by atoms with E-state index in [2.05, 4.69) is 35.3 Å². The highest BCUT2D eigenvalue weighted by Crippen LogP contribution is 2.35. The lowest BCUT2D eigenvalue weighted by Gasteiger charge is -2.22. The van der Waals surface area contributed by atoms with Crippen molar-refractivity contribution in [2.24, 2.45) is 5.10 Å². The maximum atomic E-state index is 13.5. The number of methoxy groups -OCH3 is 1.